The summed E-state index contributed by atoms with van der Waals surface area (Å²) in [7, 11) is 0. The molecule has 1 aliphatic rings. The molecule has 0 saturated carbocycles. The lowest BCUT2D eigenvalue weighted by Crippen LogP contribution is -2.28. The Morgan fingerprint density at radius 3 is 1.55 bits per heavy atom. The second kappa shape index (κ2) is 15.6. The summed E-state index contributed by atoms with van der Waals surface area (Å²) >= 11 is 0. The van der Waals surface area contributed by atoms with Crippen molar-refractivity contribution in [3.8, 4) is 33.4 Å². The first-order chi connectivity index (χ1) is 34.2. The smallest absolute Gasteiger partial charge is 0.136 e. The molecule has 14 rings (SSSR count). The van der Waals surface area contributed by atoms with E-state index >= 15 is 0 Å². The lowest BCUT2D eigenvalue weighted by atomic mass is 9.67. The van der Waals surface area contributed by atoms with Crippen LogP contribution in [0.2, 0.25) is 0 Å². The van der Waals surface area contributed by atoms with Gasteiger partial charge in [-0.05, 0) is 137 Å². The van der Waals surface area contributed by atoms with Gasteiger partial charge in [0.2, 0.25) is 0 Å². The van der Waals surface area contributed by atoms with Crippen LogP contribution in [0.5, 0.6) is 0 Å². The van der Waals surface area contributed by atoms with Gasteiger partial charge in [-0.1, -0.05) is 206 Å². The van der Waals surface area contributed by atoms with E-state index in [0.717, 1.165) is 39.2 Å². The van der Waals surface area contributed by atoms with Gasteiger partial charge in [0, 0.05) is 33.2 Å². The normalized spacial score (nSPS) is 12.8. The monoisotopic (exact) mass is 877 g/mol. The van der Waals surface area contributed by atoms with Crippen LogP contribution in [0.1, 0.15) is 22.3 Å². The molecule has 0 fully saturated rings. The van der Waals surface area contributed by atoms with Crippen LogP contribution in [0.4, 0.5) is 17.1 Å². The Hall–Kier alpha value is -8.98. The molecule has 322 valence electrons. The van der Waals surface area contributed by atoms with Gasteiger partial charge in [-0.25, -0.2) is 0 Å². The van der Waals surface area contributed by atoms with Gasteiger partial charge < -0.3 is 9.32 Å². The molecule has 1 aromatic heterocycles. The van der Waals surface area contributed by atoms with Crippen molar-refractivity contribution in [3.63, 3.8) is 0 Å². The Kier molecular flexibility index (Phi) is 8.84. The lowest BCUT2D eigenvalue weighted by molar-refractivity contribution is 0.669. The van der Waals surface area contributed by atoms with Crippen LogP contribution in [-0.4, -0.2) is 0 Å². The van der Waals surface area contributed by atoms with E-state index in [4.69, 9.17) is 4.42 Å². The predicted molar refractivity (Wildman–Crippen MR) is 289 cm³/mol. The molecule has 69 heavy (non-hydrogen) atoms. The third-order valence-corrected chi connectivity index (χ3v) is 14.7. The van der Waals surface area contributed by atoms with Crippen molar-refractivity contribution in [1.29, 1.82) is 0 Å². The number of anilines is 3. The highest BCUT2D eigenvalue weighted by Gasteiger charge is 2.46. The average Bonchev–Trinajstić information content (AvgIpc) is 3.96. The fourth-order valence-corrected chi connectivity index (χ4v) is 11.8. The molecule has 2 nitrogen and oxygen atoms in total. The van der Waals surface area contributed by atoms with Gasteiger partial charge in [0.05, 0.1) is 5.41 Å². The zero-order valence-corrected chi connectivity index (χ0v) is 37.7. The van der Waals surface area contributed by atoms with Gasteiger partial charge in [0.1, 0.15) is 11.2 Å². The SMILES string of the molecule is c1ccc(-c2ccc(N(c3cccc(-c4cccc5c6ccc7oc8ccccc8c7c6c6ccccc6c45)c3)c3ccc4c(c3)C(c3ccccc3)(c3ccccc3)c3ccccc3-4)cc2)cc1. The Morgan fingerprint density at radius 2 is 0.797 bits per heavy atom. The molecule has 0 saturated heterocycles. The number of hydrogen-bond donors (Lipinski definition) is 0. The second-order valence-electron chi connectivity index (χ2n) is 18.3. The van der Waals surface area contributed by atoms with Gasteiger partial charge in [0.25, 0.3) is 0 Å². The Balaban J connectivity index is 1.00. The largest absolute Gasteiger partial charge is 0.456 e. The van der Waals surface area contributed by atoms with E-state index in [9.17, 15) is 0 Å². The van der Waals surface area contributed by atoms with E-state index < -0.39 is 5.41 Å². The number of benzene rings is 12. The third-order valence-electron chi connectivity index (χ3n) is 14.7. The highest BCUT2D eigenvalue weighted by atomic mass is 16.3. The predicted octanol–water partition coefficient (Wildman–Crippen LogP) is 18.2. The number of fused-ring (bicyclic) bond motifs is 13. The molecular weight excluding hydrogens is 835 g/mol. The van der Waals surface area contributed by atoms with E-state index in [1.165, 1.54) is 87.8 Å². The van der Waals surface area contributed by atoms with E-state index in [1.54, 1.807) is 0 Å². The molecule has 1 heterocycles. The van der Waals surface area contributed by atoms with Gasteiger partial charge in [0.15, 0.2) is 0 Å². The maximum absolute atomic E-state index is 6.44. The molecule has 2 heteroatoms. The molecule has 0 atom stereocenters. The topological polar surface area (TPSA) is 16.4 Å². The summed E-state index contributed by atoms with van der Waals surface area (Å²) < 4.78 is 6.44. The fraction of sp³-hybridized carbons (Fsp3) is 0.0149. The summed E-state index contributed by atoms with van der Waals surface area (Å²) in [4.78, 5) is 2.45. The van der Waals surface area contributed by atoms with Gasteiger partial charge in [-0.15, -0.1) is 0 Å². The number of rotatable bonds is 7. The Morgan fingerprint density at radius 1 is 0.275 bits per heavy atom. The molecule has 0 amide bonds. The van der Waals surface area contributed by atoms with Crippen LogP contribution in [0, 0.1) is 0 Å². The summed E-state index contributed by atoms with van der Waals surface area (Å²) in [6, 6.07) is 95.7. The minimum Gasteiger partial charge on any atom is -0.456 e. The number of hydrogen-bond acceptors (Lipinski definition) is 2. The van der Waals surface area contributed by atoms with Crippen LogP contribution in [0.15, 0.2) is 265 Å². The number of furan rings is 1. The molecule has 0 N–H and O–H groups in total. The molecule has 12 aromatic carbocycles. The van der Waals surface area contributed by atoms with Crippen LogP contribution in [0.25, 0.3) is 87.6 Å². The fourth-order valence-electron chi connectivity index (χ4n) is 11.8. The van der Waals surface area contributed by atoms with Crippen molar-refractivity contribution in [1.82, 2.24) is 0 Å². The Labute approximate surface area is 400 Å². The van der Waals surface area contributed by atoms with E-state index in [-0.39, 0.29) is 0 Å². The summed E-state index contributed by atoms with van der Waals surface area (Å²) in [5, 5.41) is 9.69. The molecule has 0 radical (unpaired) electrons. The molecule has 13 aromatic rings. The van der Waals surface area contributed by atoms with Crippen molar-refractivity contribution in [2.24, 2.45) is 0 Å². The lowest BCUT2D eigenvalue weighted by Gasteiger charge is -2.35. The zero-order chi connectivity index (χ0) is 45.5. The van der Waals surface area contributed by atoms with Gasteiger partial charge >= 0.3 is 0 Å². The maximum Gasteiger partial charge on any atom is 0.136 e. The third kappa shape index (κ3) is 5.92. The zero-order valence-electron chi connectivity index (χ0n) is 37.7. The van der Waals surface area contributed by atoms with Crippen molar-refractivity contribution < 1.29 is 4.42 Å². The van der Waals surface area contributed by atoms with Gasteiger partial charge in [-0.2, -0.15) is 0 Å². The minimum atomic E-state index is -0.531. The number of para-hydroxylation sites is 1. The van der Waals surface area contributed by atoms with Crippen LogP contribution >= 0.6 is 0 Å². The summed E-state index contributed by atoms with van der Waals surface area (Å²) in [5.74, 6) is 0. The number of nitrogens with zero attached hydrogens (tertiary/aromatic N) is 1. The standard InChI is InChI=1S/C67H43NO/c1-4-18-44(19-5-1)45-34-36-49(37-35-45)68(51-38-39-54-53-26-12-14-32-60(53)67(61(54)43-51,47-21-6-2-7-22-47)48-23-8-3-9-24-48)50-25-16-20-46(42-50)52-30-17-31-56-58-40-41-63-66(59-29-13-15-33-62(59)69-63)65(58)57-28-11-10-27-55(57)64(52)56/h1-43H. The summed E-state index contributed by atoms with van der Waals surface area (Å²) in [6.07, 6.45) is 0. The van der Waals surface area contributed by atoms with Gasteiger partial charge in [-0.3, -0.25) is 0 Å². The van der Waals surface area contributed by atoms with Crippen LogP contribution < -0.4 is 4.90 Å². The van der Waals surface area contributed by atoms with Crippen LogP contribution in [-0.2, 0) is 5.41 Å². The van der Waals surface area contributed by atoms with Crippen LogP contribution in [0.3, 0.4) is 0 Å². The van der Waals surface area contributed by atoms with Crippen molar-refractivity contribution in [3.05, 3.63) is 283 Å². The highest BCUT2D eigenvalue weighted by molar-refractivity contribution is 6.36. The van der Waals surface area contributed by atoms with E-state index in [0.29, 0.717) is 0 Å². The molecule has 0 unspecified atom stereocenters. The van der Waals surface area contributed by atoms with E-state index in [2.05, 4.69) is 260 Å². The molecule has 1 aliphatic carbocycles. The van der Waals surface area contributed by atoms with Crippen molar-refractivity contribution in [2.45, 2.75) is 5.41 Å². The summed E-state index contributed by atoms with van der Waals surface area (Å²) in [6.45, 7) is 0. The molecule has 0 spiro atoms. The molecule has 0 aliphatic heterocycles. The Bertz CT molecular complexity index is 4050. The second-order valence-corrected chi connectivity index (χ2v) is 18.3. The highest BCUT2D eigenvalue weighted by Crippen LogP contribution is 2.57. The quantitative estimate of drug-likeness (QED) is 0.148. The first kappa shape index (κ1) is 39.2. The van der Waals surface area contributed by atoms with Crippen molar-refractivity contribution >= 4 is 71.3 Å². The molecule has 0 bridgehead atoms. The minimum absolute atomic E-state index is 0.531. The van der Waals surface area contributed by atoms with Crippen molar-refractivity contribution in [2.75, 3.05) is 4.90 Å². The maximum atomic E-state index is 6.44. The first-order valence-corrected chi connectivity index (χ1v) is 23.8. The van der Waals surface area contributed by atoms with E-state index in [1.807, 2.05) is 6.07 Å². The first-order valence-electron chi connectivity index (χ1n) is 23.8. The molecular formula is C67H43NO. The average molecular weight is 878 g/mol. The summed E-state index contributed by atoms with van der Waals surface area (Å²) in [5.41, 5.74) is 16.9.